The SMILES string of the molecule is O=S(=O)(NC1CC1)c1ccccc1C(F)(F)F. The topological polar surface area (TPSA) is 46.2 Å². The average Bonchev–Trinajstić information content (AvgIpc) is 3.00. The molecule has 3 nitrogen and oxygen atoms in total. The normalized spacial score (nSPS) is 17.1. The van der Waals surface area contributed by atoms with Gasteiger partial charge in [-0.05, 0) is 25.0 Å². The van der Waals surface area contributed by atoms with Gasteiger partial charge < -0.3 is 0 Å². The van der Waals surface area contributed by atoms with Crippen LogP contribution in [0.5, 0.6) is 0 Å². The zero-order valence-electron chi connectivity index (χ0n) is 8.66. The molecule has 0 spiro atoms. The summed E-state index contributed by atoms with van der Waals surface area (Å²) in [4.78, 5) is -0.709. The van der Waals surface area contributed by atoms with Gasteiger partial charge in [0.2, 0.25) is 10.0 Å². The largest absolute Gasteiger partial charge is 0.417 e. The first-order valence-electron chi connectivity index (χ1n) is 4.99. The minimum atomic E-state index is -4.67. The molecule has 7 heteroatoms. The van der Waals surface area contributed by atoms with Crippen LogP contribution in [0.2, 0.25) is 0 Å². The van der Waals surface area contributed by atoms with Gasteiger partial charge in [0.25, 0.3) is 0 Å². The molecule has 0 bridgehead atoms. The molecule has 1 fully saturated rings. The minimum absolute atomic E-state index is 0.221. The fourth-order valence-electron chi connectivity index (χ4n) is 1.42. The van der Waals surface area contributed by atoms with E-state index in [1.54, 1.807) is 0 Å². The molecule has 17 heavy (non-hydrogen) atoms. The third-order valence-corrected chi connectivity index (χ3v) is 3.96. The summed E-state index contributed by atoms with van der Waals surface area (Å²) in [5.74, 6) is 0. The predicted octanol–water partition coefficient (Wildman–Crippen LogP) is 2.15. The lowest BCUT2D eigenvalue weighted by Gasteiger charge is -2.13. The van der Waals surface area contributed by atoms with Gasteiger partial charge in [-0.3, -0.25) is 0 Å². The van der Waals surface area contributed by atoms with E-state index in [2.05, 4.69) is 4.72 Å². The molecule has 1 N–H and O–H groups in total. The number of alkyl halides is 3. The maximum atomic E-state index is 12.6. The molecule has 1 saturated carbocycles. The first-order chi connectivity index (χ1) is 7.81. The third kappa shape index (κ3) is 2.78. The predicted molar refractivity (Wildman–Crippen MR) is 54.8 cm³/mol. The summed E-state index contributed by atoms with van der Waals surface area (Å²) < 4.78 is 63.6. The van der Waals surface area contributed by atoms with E-state index in [0.29, 0.717) is 12.8 Å². The van der Waals surface area contributed by atoms with E-state index in [0.717, 1.165) is 12.1 Å². The van der Waals surface area contributed by atoms with Gasteiger partial charge in [0.15, 0.2) is 0 Å². The fraction of sp³-hybridized carbons (Fsp3) is 0.400. The molecule has 0 unspecified atom stereocenters. The van der Waals surface area contributed by atoms with Crippen molar-refractivity contribution >= 4 is 10.0 Å². The van der Waals surface area contributed by atoms with Crippen LogP contribution in [0.4, 0.5) is 13.2 Å². The van der Waals surface area contributed by atoms with E-state index < -0.39 is 26.7 Å². The molecule has 1 aliphatic carbocycles. The van der Waals surface area contributed by atoms with Crippen LogP contribution in [-0.4, -0.2) is 14.5 Å². The van der Waals surface area contributed by atoms with E-state index >= 15 is 0 Å². The molecular weight excluding hydrogens is 255 g/mol. The molecule has 1 aliphatic rings. The molecule has 0 atom stereocenters. The Labute approximate surface area is 96.7 Å². The lowest BCUT2D eigenvalue weighted by molar-refractivity contribution is -0.139. The summed E-state index contributed by atoms with van der Waals surface area (Å²) in [5, 5.41) is 0. The molecule has 0 saturated heterocycles. The van der Waals surface area contributed by atoms with Crippen LogP contribution in [0.25, 0.3) is 0 Å². The first-order valence-corrected chi connectivity index (χ1v) is 6.47. The Bertz CT molecular complexity index is 521. The van der Waals surface area contributed by atoms with Crippen molar-refractivity contribution in [3.8, 4) is 0 Å². The number of benzene rings is 1. The van der Waals surface area contributed by atoms with Crippen LogP contribution in [0.1, 0.15) is 18.4 Å². The fourth-order valence-corrected chi connectivity index (χ4v) is 2.95. The highest BCUT2D eigenvalue weighted by molar-refractivity contribution is 7.89. The standard InChI is InChI=1S/C10H10F3NO2S/c11-10(12,13)8-3-1-2-4-9(8)17(15,16)14-7-5-6-7/h1-4,7,14H,5-6H2. The molecule has 0 heterocycles. The summed E-state index contributed by atoms with van der Waals surface area (Å²) in [6.45, 7) is 0. The summed E-state index contributed by atoms with van der Waals surface area (Å²) >= 11 is 0. The van der Waals surface area contributed by atoms with Crippen LogP contribution in [0, 0.1) is 0 Å². The molecule has 0 amide bonds. The Morgan fingerprint density at radius 3 is 2.29 bits per heavy atom. The van der Waals surface area contributed by atoms with Crippen molar-refractivity contribution in [2.24, 2.45) is 0 Å². The third-order valence-electron chi connectivity index (χ3n) is 2.38. The Morgan fingerprint density at radius 2 is 1.76 bits per heavy atom. The maximum absolute atomic E-state index is 12.6. The van der Waals surface area contributed by atoms with E-state index in [4.69, 9.17) is 0 Å². The van der Waals surface area contributed by atoms with E-state index in [-0.39, 0.29) is 6.04 Å². The van der Waals surface area contributed by atoms with Crippen molar-refractivity contribution in [3.63, 3.8) is 0 Å². The number of nitrogens with one attached hydrogen (secondary N) is 1. The zero-order valence-corrected chi connectivity index (χ0v) is 9.48. The molecule has 1 aromatic rings. The van der Waals surface area contributed by atoms with Gasteiger partial charge in [0.1, 0.15) is 0 Å². The Balaban J connectivity index is 2.44. The van der Waals surface area contributed by atoms with Crippen molar-refractivity contribution in [3.05, 3.63) is 29.8 Å². The molecule has 0 aromatic heterocycles. The van der Waals surface area contributed by atoms with Gasteiger partial charge in [-0.2, -0.15) is 13.2 Å². The van der Waals surface area contributed by atoms with Crippen LogP contribution in [-0.2, 0) is 16.2 Å². The first kappa shape index (κ1) is 12.4. The highest BCUT2D eigenvalue weighted by atomic mass is 32.2. The molecule has 94 valence electrons. The zero-order chi connectivity index (χ0) is 12.7. The van der Waals surface area contributed by atoms with Crippen LogP contribution in [0.3, 0.4) is 0 Å². The van der Waals surface area contributed by atoms with Gasteiger partial charge in [-0.1, -0.05) is 12.1 Å². The number of hydrogen-bond donors (Lipinski definition) is 1. The van der Waals surface area contributed by atoms with Gasteiger partial charge in [-0.15, -0.1) is 0 Å². The summed E-state index contributed by atoms with van der Waals surface area (Å²) in [6, 6.07) is 3.95. The van der Waals surface area contributed by atoms with Crippen molar-refractivity contribution in [2.75, 3.05) is 0 Å². The summed E-state index contributed by atoms with van der Waals surface area (Å²) in [5.41, 5.74) is -1.13. The number of hydrogen-bond acceptors (Lipinski definition) is 2. The van der Waals surface area contributed by atoms with Crippen LogP contribution < -0.4 is 4.72 Å². The lowest BCUT2D eigenvalue weighted by atomic mass is 10.2. The summed E-state index contributed by atoms with van der Waals surface area (Å²) in [7, 11) is -4.08. The van der Waals surface area contributed by atoms with Gasteiger partial charge >= 0.3 is 6.18 Å². The average molecular weight is 265 g/mol. The Kier molecular flexibility index (Phi) is 2.90. The Hall–Kier alpha value is -1.08. The molecule has 0 aliphatic heterocycles. The second-order valence-electron chi connectivity index (χ2n) is 3.89. The monoisotopic (exact) mass is 265 g/mol. The van der Waals surface area contributed by atoms with Gasteiger partial charge in [-0.25, -0.2) is 13.1 Å². The molecule has 0 radical (unpaired) electrons. The van der Waals surface area contributed by atoms with Gasteiger partial charge in [0, 0.05) is 6.04 Å². The maximum Gasteiger partial charge on any atom is 0.417 e. The second-order valence-corrected chi connectivity index (χ2v) is 5.57. The lowest BCUT2D eigenvalue weighted by Crippen LogP contribution is -2.28. The van der Waals surface area contributed by atoms with Crippen LogP contribution in [0.15, 0.2) is 29.2 Å². The number of rotatable bonds is 3. The number of halogens is 3. The van der Waals surface area contributed by atoms with Crippen molar-refractivity contribution < 1.29 is 21.6 Å². The molecule has 1 aromatic carbocycles. The summed E-state index contributed by atoms with van der Waals surface area (Å²) in [6.07, 6.45) is -3.32. The second kappa shape index (κ2) is 3.99. The van der Waals surface area contributed by atoms with Crippen molar-refractivity contribution in [1.29, 1.82) is 0 Å². The van der Waals surface area contributed by atoms with Crippen LogP contribution >= 0.6 is 0 Å². The van der Waals surface area contributed by atoms with E-state index in [1.807, 2.05) is 0 Å². The highest BCUT2D eigenvalue weighted by Gasteiger charge is 2.38. The van der Waals surface area contributed by atoms with E-state index in [1.165, 1.54) is 12.1 Å². The quantitative estimate of drug-likeness (QED) is 0.910. The smallest absolute Gasteiger partial charge is 0.208 e. The molecular formula is C10H10F3NO2S. The highest BCUT2D eigenvalue weighted by Crippen LogP contribution is 2.34. The number of sulfonamides is 1. The molecule has 2 rings (SSSR count). The van der Waals surface area contributed by atoms with Gasteiger partial charge in [0.05, 0.1) is 10.5 Å². The van der Waals surface area contributed by atoms with E-state index in [9.17, 15) is 21.6 Å². The van der Waals surface area contributed by atoms with Crippen molar-refractivity contribution in [1.82, 2.24) is 4.72 Å². The minimum Gasteiger partial charge on any atom is -0.208 e. The van der Waals surface area contributed by atoms with Crippen molar-refractivity contribution in [2.45, 2.75) is 30.0 Å². The Morgan fingerprint density at radius 1 is 1.18 bits per heavy atom.